The number of hydrogen-bond donors (Lipinski definition) is 1. The molecule has 0 atom stereocenters. The van der Waals surface area contributed by atoms with Crippen molar-refractivity contribution in [2.24, 2.45) is 0 Å². The van der Waals surface area contributed by atoms with Gasteiger partial charge in [-0.2, -0.15) is 0 Å². The molecule has 3 rings (SSSR count). The van der Waals surface area contributed by atoms with Crippen LogP contribution in [0.3, 0.4) is 0 Å². The number of halogens is 1. The third-order valence-corrected chi connectivity index (χ3v) is 5.42. The molecule has 0 fully saturated rings. The second kappa shape index (κ2) is 5.05. The molecule has 0 saturated heterocycles. The van der Waals surface area contributed by atoms with Gasteiger partial charge in [0.1, 0.15) is 10.6 Å². The summed E-state index contributed by atoms with van der Waals surface area (Å²) < 4.78 is 0.805. The Hall–Kier alpha value is -0.820. The molecule has 3 aromatic heterocycles. The molecule has 0 unspecified atom stereocenters. The van der Waals surface area contributed by atoms with Crippen LogP contribution < -0.4 is 5.73 Å². The van der Waals surface area contributed by atoms with Crippen LogP contribution in [0.15, 0.2) is 28.7 Å². The lowest BCUT2D eigenvalue weighted by molar-refractivity contribution is 1.02. The van der Waals surface area contributed by atoms with Crippen LogP contribution in [-0.2, 0) is 5.75 Å². The van der Waals surface area contributed by atoms with Gasteiger partial charge in [-0.25, -0.2) is 9.97 Å². The molecule has 2 N–H and O–H groups in total. The quantitative estimate of drug-likeness (QED) is 0.579. The van der Waals surface area contributed by atoms with Crippen LogP contribution in [0, 0.1) is 0 Å². The number of nitrogens with two attached hydrogens (primary N) is 1. The van der Waals surface area contributed by atoms with Crippen molar-refractivity contribution >= 4 is 62.1 Å². The van der Waals surface area contributed by atoms with Crippen LogP contribution in [0.25, 0.3) is 10.2 Å². The summed E-state index contributed by atoms with van der Waals surface area (Å²) in [7, 11) is 0. The Labute approximate surface area is 121 Å². The van der Waals surface area contributed by atoms with Crippen molar-refractivity contribution in [3.63, 3.8) is 0 Å². The van der Waals surface area contributed by atoms with Crippen molar-refractivity contribution in [2.75, 3.05) is 5.73 Å². The number of rotatable bonds is 3. The van der Waals surface area contributed by atoms with Gasteiger partial charge in [0.25, 0.3) is 0 Å². The van der Waals surface area contributed by atoms with Crippen molar-refractivity contribution < 1.29 is 0 Å². The summed E-state index contributed by atoms with van der Waals surface area (Å²) in [6.07, 6.45) is 0. The Morgan fingerprint density at radius 1 is 1.28 bits per heavy atom. The molecule has 0 spiro atoms. The Morgan fingerprint density at radius 3 is 2.94 bits per heavy atom. The van der Waals surface area contributed by atoms with Gasteiger partial charge in [0.05, 0.1) is 9.72 Å². The zero-order valence-electron chi connectivity index (χ0n) is 9.09. The number of nitrogens with zero attached hydrogens (tertiary/aromatic N) is 2. The molecule has 7 heteroatoms. The predicted molar refractivity (Wildman–Crippen MR) is 80.7 cm³/mol. The molecule has 0 aromatic carbocycles. The maximum absolute atomic E-state index is 5.90. The van der Waals surface area contributed by atoms with E-state index < -0.39 is 0 Å². The molecule has 3 heterocycles. The minimum absolute atomic E-state index is 0.549. The largest absolute Gasteiger partial charge is 0.383 e. The summed E-state index contributed by atoms with van der Waals surface area (Å²) in [5.74, 6) is 1.36. The molecule has 0 aliphatic carbocycles. The van der Waals surface area contributed by atoms with E-state index in [1.807, 2.05) is 23.6 Å². The molecule has 92 valence electrons. The van der Waals surface area contributed by atoms with E-state index in [1.54, 1.807) is 34.4 Å². The molecule has 0 amide bonds. The molecule has 0 saturated carbocycles. The van der Waals surface area contributed by atoms with Gasteiger partial charge >= 0.3 is 0 Å². The van der Waals surface area contributed by atoms with E-state index in [0.29, 0.717) is 11.0 Å². The summed E-state index contributed by atoms with van der Waals surface area (Å²) in [5, 5.41) is 3.62. The first kappa shape index (κ1) is 12.2. The highest BCUT2D eigenvalue weighted by atomic mass is 35.5. The summed E-state index contributed by atoms with van der Waals surface area (Å²) in [5.41, 5.74) is 5.90. The zero-order chi connectivity index (χ0) is 12.5. The predicted octanol–water partition coefficient (Wildman–Crippen LogP) is 4.28. The van der Waals surface area contributed by atoms with Gasteiger partial charge in [0, 0.05) is 10.6 Å². The number of fused-ring (bicyclic) bond motifs is 1. The van der Waals surface area contributed by atoms with E-state index in [1.165, 1.54) is 4.88 Å². The number of hydrogen-bond acceptors (Lipinski definition) is 6. The average molecular weight is 314 g/mol. The monoisotopic (exact) mass is 313 g/mol. The third-order valence-electron chi connectivity index (χ3n) is 2.31. The van der Waals surface area contributed by atoms with Gasteiger partial charge in [-0.3, -0.25) is 0 Å². The number of thiophene rings is 2. The maximum Gasteiger partial charge on any atom is 0.191 e. The van der Waals surface area contributed by atoms with E-state index in [4.69, 9.17) is 17.3 Å². The fourth-order valence-corrected chi connectivity index (χ4v) is 4.30. The van der Waals surface area contributed by atoms with Crippen LogP contribution in [-0.4, -0.2) is 9.97 Å². The lowest BCUT2D eigenvalue weighted by atomic mass is 10.4. The molecule has 0 aliphatic rings. The van der Waals surface area contributed by atoms with E-state index in [2.05, 4.69) is 9.97 Å². The lowest BCUT2D eigenvalue weighted by Gasteiger charge is -2.01. The molecule has 0 aliphatic heterocycles. The first-order valence-electron chi connectivity index (χ1n) is 5.10. The van der Waals surface area contributed by atoms with Gasteiger partial charge in [-0.05, 0) is 23.6 Å². The van der Waals surface area contributed by atoms with Crippen LogP contribution in [0.4, 0.5) is 5.82 Å². The normalized spacial score (nSPS) is 11.2. The summed E-state index contributed by atoms with van der Waals surface area (Å²) in [6, 6.07) is 5.87. The topological polar surface area (TPSA) is 51.8 Å². The third kappa shape index (κ3) is 2.47. The highest BCUT2D eigenvalue weighted by Crippen LogP contribution is 2.30. The molecule has 3 nitrogen and oxygen atoms in total. The van der Waals surface area contributed by atoms with Crippen LogP contribution in [0.1, 0.15) is 4.88 Å². The highest BCUT2D eigenvalue weighted by Gasteiger charge is 2.07. The standard InChI is InChI=1S/C11H8ClN3S3/c12-8-2-1-6(18-8)5-17-11-14-9(13)7-3-4-16-10(7)15-11/h1-4H,5H2,(H2,13,14,15). The number of nitrogen functional groups attached to an aromatic ring is 1. The van der Waals surface area contributed by atoms with Gasteiger partial charge in [0.15, 0.2) is 5.16 Å². The van der Waals surface area contributed by atoms with Crippen LogP contribution in [0.5, 0.6) is 0 Å². The Bertz CT molecular complexity index is 692. The first-order valence-corrected chi connectivity index (χ1v) is 8.16. The van der Waals surface area contributed by atoms with Crippen LogP contribution in [0.2, 0.25) is 4.34 Å². The fraction of sp³-hybridized carbons (Fsp3) is 0.0909. The van der Waals surface area contributed by atoms with Crippen LogP contribution >= 0.6 is 46.0 Å². The van der Waals surface area contributed by atoms with E-state index in [0.717, 1.165) is 20.3 Å². The number of anilines is 1. The minimum Gasteiger partial charge on any atom is -0.383 e. The first-order chi connectivity index (χ1) is 8.72. The van der Waals surface area contributed by atoms with Gasteiger partial charge < -0.3 is 5.73 Å². The molecule has 0 bridgehead atoms. The van der Waals surface area contributed by atoms with Crippen molar-refractivity contribution in [3.05, 3.63) is 32.8 Å². The minimum atomic E-state index is 0.549. The Balaban J connectivity index is 1.82. The van der Waals surface area contributed by atoms with Gasteiger partial charge in [-0.15, -0.1) is 22.7 Å². The Morgan fingerprint density at radius 2 is 2.17 bits per heavy atom. The molecular weight excluding hydrogens is 306 g/mol. The van der Waals surface area contributed by atoms with E-state index in [9.17, 15) is 0 Å². The van der Waals surface area contributed by atoms with Gasteiger partial charge in [0.2, 0.25) is 0 Å². The average Bonchev–Trinajstić information content (AvgIpc) is 2.95. The number of aromatic nitrogens is 2. The van der Waals surface area contributed by atoms with Crippen molar-refractivity contribution in [1.82, 2.24) is 9.97 Å². The lowest BCUT2D eigenvalue weighted by Crippen LogP contribution is -1.94. The fourth-order valence-electron chi connectivity index (χ4n) is 1.49. The molecule has 0 radical (unpaired) electrons. The maximum atomic E-state index is 5.90. The molecule has 18 heavy (non-hydrogen) atoms. The van der Waals surface area contributed by atoms with Gasteiger partial charge in [-0.1, -0.05) is 23.4 Å². The highest BCUT2D eigenvalue weighted by molar-refractivity contribution is 7.98. The second-order valence-corrected chi connectivity index (χ2v) is 7.16. The molecular formula is C11H8ClN3S3. The van der Waals surface area contributed by atoms with Crippen molar-refractivity contribution in [3.8, 4) is 0 Å². The Kier molecular flexibility index (Phi) is 3.43. The molecule has 3 aromatic rings. The second-order valence-electron chi connectivity index (χ2n) is 3.53. The van der Waals surface area contributed by atoms with E-state index in [-0.39, 0.29) is 0 Å². The van der Waals surface area contributed by atoms with Crippen molar-refractivity contribution in [2.45, 2.75) is 10.9 Å². The smallest absolute Gasteiger partial charge is 0.191 e. The number of thioether (sulfide) groups is 1. The SMILES string of the molecule is Nc1nc(SCc2ccc(Cl)s2)nc2sccc12. The summed E-state index contributed by atoms with van der Waals surface area (Å²) in [6.45, 7) is 0. The van der Waals surface area contributed by atoms with E-state index >= 15 is 0 Å². The summed E-state index contributed by atoms with van der Waals surface area (Å²) >= 11 is 10.6. The van der Waals surface area contributed by atoms with Crippen molar-refractivity contribution in [1.29, 1.82) is 0 Å². The zero-order valence-corrected chi connectivity index (χ0v) is 12.3. The summed E-state index contributed by atoms with van der Waals surface area (Å²) in [4.78, 5) is 10.9.